The molecule has 0 radical (unpaired) electrons. The third-order valence-electron chi connectivity index (χ3n) is 2.72. The first-order valence-electron chi connectivity index (χ1n) is 5.91. The van der Waals surface area contributed by atoms with Crippen LogP contribution in [0.25, 0.3) is 0 Å². The SMILES string of the molecule is CSc1ccccc1Oc1cccc(F)c1C(C)O. The molecule has 0 aliphatic carbocycles. The highest BCUT2D eigenvalue weighted by atomic mass is 32.2. The van der Waals surface area contributed by atoms with Crippen LogP contribution in [0.5, 0.6) is 11.5 Å². The molecule has 2 rings (SSSR count). The predicted molar refractivity (Wildman–Crippen MR) is 75.3 cm³/mol. The van der Waals surface area contributed by atoms with Gasteiger partial charge in [0.2, 0.25) is 0 Å². The molecular formula is C15H15FO2S. The van der Waals surface area contributed by atoms with Crippen LogP contribution in [0.1, 0.15) is 18.6 Å². The van der Waals surface area contributed by atoms with Crippen LogP contribution in [0.4, 0.5) is 4.39 Å². The second-order valence-corrected chi connectivity index (χ2v) is 4.93. The number of hydrogen-bond donors (Lipinski definition) is 1. The normalized spacial score (nSPS) is 12.2. The molecule has 4 heteroatoms. The Morgan fingerprint density at radius 1 is 1.11 bits per heavy atom. The van der Waals surface area contributed by atoms with Gasteiger partial charge in [0.15, 0.2) is 0 Å². The van der Waals surface area contributed by atoms with Gasteiger partial charge in [-0.15, -0.1) is 11.8 Å². The van der Waals surface area contributed by atoms with Crippen LogP contribution in [0.3, 0.4) is 0 Å². The van der Waals surface area contributed by atoms with Gasteiger partial charge < -0.3 is 9.84 Å². The van der Waals surface area contributed by atoms with Crippen LogP contribution < -0.4 is 4.74 Å². The molecule has 0 amide bonds. The fraction of sp³-hybridized carbons (Fsp3) is 0.200. The molecule has 2 aromatic rings. The number of hydrogen-bond acceptors (Lipinski definition) is 3. The highest BCUT2D eigenvalue weighted by molar-refractivity contribution is 7.98. The molecule has 0 aliphatic heterocycles. The molecule has 0 saturated heterocycles. The first-order chi connectivity index (χ1) is 9.13. The van der Waals surface area contributed by atoms with Crippen LogP contribution in [0, 0.1) is 5.82 Å². The zero-order valence-corrected chi connectivity index (χ0v) is 11.6. The van der Waals surface area contributed by atoms with Crippen molar-refractivity contribution in [2.75, 3.05) is 6.26 Å². The lowest BCUT2D eigenvalue weighted by Gasteiger charge is -2.15. The van der Waals surface area contributed by atoms with Crippen molar-refractivity contribution < 1.29 is 14.2 Å². The summed E-state index contributed by atoms with van der Waals surface area (Å²) in [4.78, 5) is 0.961. The summed E-state index contributed by atoms with van der Waals surface area (Å²) in [5.41, 5.74) is 0.179. The maximum Gasteiger partial charge on any atom is 0.140 e. The van der Waals surface area contributed by atoms with Crippen molar-refractivity contribution >= 4 is 11.8 Å². The van der Waals surface area contributed by atoms with E-state index in [1.165, 1.54) is 13.0 Å². The minimum absolute atomic E-state index is 0.179. The van der Waals surface area contributed by atoms with E-state index in [9.17, 15) is 9.50 Å². The molecule has 19 heavy (non-hydrogen) atoms. The average molecular weight is 278 g/mol. The summed E-state index contributed by atoms with van der Waals surface area (Å²) in [6.45, 7) is 1.52. The third kappa shape index (κ3) is 3.08. The zero-order valence-electron chi connectivity index (χ0n) is 10.8. The number of rotatable bonds is 4. The van der Waals surface area contributed by atoms with Crippen molar-refractivity contribution in [1.82, 2.24) is 0 Å². The lowest BCUT2D eigenvalue weighted by atomic mass is 10.1. The van der Waals surface area contributed by atoms with Gasteiger partial charge in [-0.2, -0.15) is 0 Å². The highest BCUT2D eigenvalue weighted by Crippen LogP contribution is 2.35. The van der Waals surface area contributed by atoms with E-state index in [1.807, 2.05) is 30.5 Å². The zero-order chi connectivity index (χ0) is 13.8. The predicted octanol–water partition coefficient (Wildman–Crippen LogP) is 4.39. The van der Waals surface area contributed by atoms with Crippen molar-refractivity contribution in [3.63, 3.8) is 0 Å². The second kappa shape index (κ2) is 6.08. The Kier molecular flexibility index (Phi) is 4.45. The Hall–Kier alpha value is -1.52. The molecule has 0 saturated carbocycles. The topological polar surface area (TPSA) is 29.5 Å². The van der Waals surface area contributed by atoms with Crippen LogP contribution in [-0.2, 0) is 0 Å². The Bertz CT molecular complexity index is 570. The molecule has 0 spiro atoms. The number of aliphatic hydroxyl groups excluding tert-OH is 1. The summed E-state index contributed by atoms with van der Waals surface area (Å²) < 4.78 is 19.5. The summed E-state index contributed by atoms with van der Waals surface area (Å²) in [6.07, 6.45) is 1.03. The third-order valence-corrected chi connectivity index (χ3v) is 3.50. The molecule has 0 heterocycles. The quantitative estimate of drug-likeness (QED) is 0.841. The molecular weight excluding hydrogens is 263 g/mol. The Labute approximate surface area is 116 Å². The van der Waals surface area contributed by atoms with Crippen LogP contribution in [0.15, 0.2) is 47.4 Å². The fourth-order valence-corrected chi connectivity index (χ4v) is 2.36. The summed E-state index contributed by atoms with van der Waals surface area (Å²) >= 11 is 1.55. The fourth-order valence-electron chi connectivity index (χ4n) is 1.83. The van der Waals surface area contributed by atoms with E-state index in [4.69, 9.17) is 4.74 Å². The number of para-hydroxylation sites is 1. The highest BCUT2D eigenvalue weighted by Gasteiger charge is 2.16. The second-order valence-electron chi connectivity index (χ2n) is 4.08. The van der Waals surface area contributed by atoms with Gasteiger partial charge in [0.05, 0.1) is 11.7 Å². The van der Waals surface area contributed by atoms with E-state index in [-0.39, 0.29) is 5.56 Å². The maximum absolute atomic E-state index is 13.7. The number of aliphatic hydroxyl groups is 1. The molecule has 2 nitrogen and oxygen atoms in total. The number of thioether (sulfide) groups is 1. The van der Waals surface area contributed by atoms with Crippen molar-refractivity contribution in [3.05, 3.63) is 53.8 Å². The Morgan fingerprint density at radius 3 is 2.47 bits per heavy atom. The smallest absolute Gasteiger partial charge is 0.140 e. The van der Waals surface area contributed by atoms with Gasteiger partial charge in [0.25, 0.3) is 0 Å². The molecule has 0 aromatic heterocycles. The van der Waals surface area contributed by atoms with E-state index in [2.05, 4.69) is 0 Å². The maximum atomic E-state index is 13.7. The van der Waals surface area contributed by atoms with Gasteiger partial charge >= 0.3 is 0 Å². The van der Waals surface area contributed by atoms with Crippen LogP contribution in [0.2, 0.25) is 0 Å². The van der Waals surface area contributed by atoms with Gasteiger partial charge in [0.1, 0.15) is 17.3 Å². The Balaban J connectivity index is 2.41. The Morgan fingerprint density at radius 2 is 1.79 bits per heavy atom. The summed E-state index contributed by atoms with van der Waals surface area (Å²) in [7, 11) is 0. The first kappa shape index (κ1) is 13.9. The lowest BCUT2D eigenvalue weighted by molar-refractivity contribution is 0.190. The van der Waals surface area contributed by atoms with E-state index in [0.717, 1.165) is 4.90 Å². The van der Waals surface area contributed by atoms with E-state index in [0.29, 0.717) is 11.5 Å². The van der Waals surface area contributed by atoms with Gasteiger partial charge in [0, 0.05) is 4.90 Å². The lowest BCUT2D eigenvalue weighted by Crippen LogP contribution is -2.00. The number of ether oxygens (including phenoxy) is 1. The summed E-state index contributed by atoms with van der Waals surface area (Å²) in [6, 6.07) is 12.1. The molecule has 1 atom stereocenters. The van der Waals surface area contributed by atoms with E-state index in [1.54, 1.807) is 23.9 Å². The van der Waals surface area contributed by atoms with Crippen LogP contribution in [-0.4, -0.2) is 11.4 Å². The van der Waals surface area contributed by atoms with Crippen molar-refractivity contribution in [2.24, 2.45) is 0 Å². The standard InChI is InChI=1S/C15H15FO2S/c1-10(17)15-11(16)6-5-8-13(15)18-12-7-3-4-9-14(12)19-2/h3-10,17H,1-2H3. The molecule has 0 aliphatic rings. The molecule has 1 unspecified atom stereocenters. The summed E-state index contributed by atoms with van der Waals surface area (Å²) in [5, 5.41) is 9.66. The molecule has 0 fully saturated rings. The summed E-state index contributed by atoms with van der Waals surface area (Å²) in [5.74, 6) is 0.535. The van der Waals surface area contributed by atoms with Gasteiger partial charge in [-0.3, -0.25) is 0 Å². The first-order valence-corrected chi connectivity index (χ1v) is 7.13. The van der Waals surface area contributed by atoms with E-state index < -0.39 is 11.9 Å². The van der Waals surface area contributed by atoms with Crippen molar-refractivity contribution in [2.45, 2.75) is 17.9 Å². The molecule has 0 bridgehead atoms. The molecule has 100 valence electrons. The van der Waals surface area contributed by atoms with Gasteiger partial charge in [-0.05, 0) is 37.4 Å². The minimum atomic E-state index is -0.919. The molecule has 2 aromatic carbocycles. The number of benzene rings is 2. The van der Waals surface area contributed by atoms with Gasteiger partial charge in [-0.1, -0.05) is 18.2 Å². The van der Waals surface area contributed by atoms with Crippen LogP contribution >= 0.6 is 11.8 Å². The van der Waals surface area contributed by atoms with Crippen molar-refractivity contribution in [3.8, 4) is 11.5 Å². The minimum Gasteiger partial charge on any atom is -0.456 e. The molecule has 1 N–H and O–H groups in total. The monoisotopic (exact) mass is 278 g/mol. The average Bonchev–Trinajstić information content (AvgIpc) is 2.39. The van der Waals surface area contributed by atoms with Crippen molar-refractivity contribution in [1.29, 1.82) is 0 Å². The number of halogens is 1. The largest absolute Gasteiger partial charge is 0.456 e. The van der Waals surface area contributed by atoms with E-state index >= 15 is 0 Å². The van der Waals surface area contributed by atoms with Gasteiger partial charge in [-0.25, -0.2) is 4.39 Å².